The molecule has 0 atom stereocenters. The number of carbonyl (C=O) groups is 1. The molecule has 4 rings (SSSR count). The number of hydrogen-bond donors (Lipinski definition) is 0. The van der Waals surface area contributed by atoms with E-state index < -0.39 is 10.0 Å². The molecule has 180 valence electrons. The molecule has 1 saturated heterocycles. The molecule has 0 spiro atoms. The number of ketones is 1. The number of halogens is 1. The van der Waals surface area contributed by atoms with Crippen molar-refractivity contribution in [2.45, 2.75) is 18.7 Å². The second kappa shape index (κ2) is 9.69. The zero-order chi connectivity index (χ0) is 24.5. The van der Waals surface area contributed by atoms with E-state index >= 15 is 0 Å². The Bertz CT molecular complexity index is 1280. The summed E-state index contributed by atoms with van der Waals surface area (Å²) in [4.78, 5) is 15.3. The number of aryl methyl sites for hydroxylation is 1. The second-order valence-electron chi connectivity index (χ2n) is 8.38. The molecule has 3 aromatic rings. The monoisotopic (exact) mass is 485 g/mol. The Morgan fingerprint density at radius 1 is 0.971 bits per heavy atom. The highest BCUT2D eigenvalue weighted by Gasteiger charge is 2.29. The van der Waals surface area contributed by atoms with Gasteiger partial charge in [0.1, 0.15) is 11.6 Å². The third-order valence-electron chi connectivity index (χ3n) is 6.21. The van der Waals surface area contributed by atoms with Gasteiger partial charge < -0.3 is 9.30 Å². The first-order valence-electron chi connectivity index (χ1n) is 11.1. The van der Waals surface area contributed by atoms with Crippen LogP contribution < -0.4 is 4.74 Å². The van der Waals surface area contributed by atoms with Gasteiger partial charge in [0.05, 0.1) is 18.6 Å². The van der Waals surface area contributed by atoms with Crippen molar-refractivity contribution >= 4 is 15.8 Å². The Morgan fingerprint density at radius 3 is 2.18 bits per heavy atom. The molecule has 0 saturated carbocycles. The number of Topliss-reactive ketones (excluding diaryl/α,β-unsaturated/α-hetero) is 1. The minimum atomic E-state index is -3.60. The number of sulfonamides is 1. The van der Waals surface area contributed by atoms with Crippen molar-refractivity contribution in [1.82, 2.24) is 13.8 Å². The van der Waals surface area contributed by atoms with Crippen LogP contribution in [0.5, 0.6) is 5.75 Å². The molecule has 0 unspecified atom stereocenters. The van der Waals surface area contributed by atoms with E-state index in [2.05, 4.69) is 0 Å². The van der Waals surface area contributed by atoms with E-state index in [9.17, 15) is 17.6 Å². The Morgan fingerprint density at radius 2 is 1.59 bits per heavy atom. The summed E-state index contributed by atoms with van der Waals surface area (Å²) < 4.78 is 47.7. The van der Waals surface area contributed by atoms with Crippen molar-refractivity contribution < 1.29 is 22.3 Å². The fraction of sp³-hybridized carbons (Fsp3) is 0.320. The SMILES string of the molecule is COc1ccc(S(=O)(=O)N2CCN(CC(=O)c3cc(C)n(-c4ccc(F)cc4)c3C)CC2)cc1. The molecule has 2 heterocycles. The van der Waals surface area contributed by atoms with E-state index in [4.69, 9.17) is 4.74 Å². The third-order valence-corrected chi connectivity index (χ3v) is 8.12. The van der Waals surface area contributed by atoms with Gasteiger partial charge in [0, 0.05) is 48.8 Å². The Kier molecular flexibility index (Phi) is 6.88. The number of piperazine rings is 1. The van der Waals surface area contributed by atoms with E-state index in [0.717, 1.165) is 17.1 Å². The molecule has 2 aromatic carbocycles. The molecule has 0 radical (unpaired) electrons. The molecular weight excluding hydrogens is 457 g/mol. The normalized spacial score (nSPS) is 15.4. The Labute approximate surface area is 199 Å². The highest BCUT2D eigenvalue weighted by atomic mass is 32.2. The van der Waals surface area contributed by atoms with Gasteiger partial charge in [-0.1, -0.05) is 0 Å². The molecule has 34 heavy (non-hydrogen) atoms. The quantitative estimate of drug-likeness (QED) is 0.480. The molecule has 0 bridgehead atoms. The van der Waals surface area contributed by atoms with Gasteiger partial charge in [-0.25, -0.2) is 12.8 Å². The molecule has 0 amide bonds. The molecular formula is C25H28FN3O4S. The van der Waals surface area contributed by atoms with Crippen molar-refractivity contribution in [3.63, 3.8) is 0 Å². The third kappa shape index (κ3) is 4.77. The summed E-state index contributed by atoms with van der Waals surface area (Å²) in [6.45, 7) is 5.57. The highest BCUT2D eigenvalue weighted by molar-refractivity contribution is 7.89. The minimum Gasteiger partial charge on any atom is -0.497 e. The largest absolute Gasteiger partial charge is 0.497 e. The topological polar surface area (TPSA) is 71.9 Å². The number of benzene rings is 2. The van der Waals surface area contributed by atoms with E-state index in [1.165, 1.54) is 23.5 Å². The molecule has 1 aliphatic heterocycles. The van der Waals surface area contributed by atoms with Crippen molar-refractivity contribution in [2.24, 2.45) is 0 Å². The lowest BCUT2D eigenvalue weighted by molar-refractivity contribution is 0.0901. The average molecular weight is 486 g/mol. The maximum atomic E-state index is 13.3. The Balaban J connectivity index is 1.41. The first-order valence-corrected chi connectivity index (χ1v) is 12.5. The van der Waals surface area contributed by atoms with Crippen LogP contribution in [0.3, 0.4) is 0 Å². The lowest BCUT2D eigenvalue weighted by Gasteiger charge is -2.33. The molecule has 9 heteroatoms. The summed E-state index contributed by atoms with van der Waals surface area (Å²) in [6, 6.07) is 14.4. The molecule has 1 aromatic heterocycles. The highest BCUT2D eigenvalue weighted by Crippen LogP contribution is 2.23. The van der Waals surface area contributed by atoms with Crippen molar-refractivity contribution in [2.75, 3.05) is 39.8 Å². The van der Waals surface area contributed by atoms with Gasteiger partial charge in [0.25, 0.3) is 0 Å². The van der Waals surface area contributed by atoms with Crippen molar-refractivity contribution in [3.8, 4) is 11.4 Å². The van der Waals surface area contributed by atoms with Gasteiger partial charge in [0.15, 0.2) is 5.78 Å². The van der Waals surface area contributed by atoms with Gasteiger partial charge in [-0.05, 0) is 68.4 Å². The maximum absolute atomic E-state index is 13.3. The van der Waals surface area contributed by atoms with Crippen LogP contribution in [0.25, 0.3) is 5.69 Å². The fourth-order valence-electron chi connectivity index (χ4n) is 4.35. The van der Waals surface area contributed by atoms with Crippen LogP contribution >= 0.6 is 0 Å². The average Bonchev–Trinajstić information content (AvgIpc) is 3.14. The number of methoxy groups -OCH3 is 1. The minimum absolute atomic E-state index is 0.0204. The predicted molar refractivity (Wildman–Crippen MR) is 128 cm³/mol. The van der Waals surface area contributed by atoms with E-state index in [-0.39, 0.29) is 23.0 Å². The summed E-state index contributed by atoms with van der Waals surface area (Å²) in [5.74, 6) is 0.268. The van der Waals surface area contributed by atoms with E-state index in [1.807, 2.05) is 29.4 Å². The van der Waals surface area contributed by atoms with Crippen molar-refractivity contribution in [1.29, 1.82) is 0 Å². The summed E-state index contributed by atoms with van der Waals surface area (Å²) in [6.07, 6.45) is 0. The van der Waals surface area contributed by atoms with Gasteiger partial charge in [-0.2, -0.15) is 4.31 Å². The molecule has 7 nitrogen and oxygen atoms in total. The van der Waals surface area contributed by atoms with Crippen LogP contribution in [0.1, 0.15) is 21.7 Å². The molecule has 1 aliphatic rings. The summed E-state index contributed by atoms with van der Waals surface area (Å²) >= 11 is 0. The number of nitrogens with zero attached hydrogens (tertiary/aromatic N) is 3. The number of hydrogen-bond acceptors (Lipinski definition) is 5. The lowest BCUT2D eigenvalue weighted by atomic mass is 10.1. The van der Waals surface area contributed by atoms with Gasteiger partial charge in [-0.3, -0.25) is 9.69 Å². The molecule has 0 aliphatic carbocycles. The van der Waals surface area contributed by atoms with Gasteiger partial charge >= 0.3 is 0 Å². The first-order chi connectivity index (χ1) is 16.2. The number of carbonyl (C=O) groups excluding carboxylic acids is 1. The summed E-state index contributed by atoms with van der Waals surface area (Å²) in [5, 5.41) is 0. The fourth-order valence-corrected chi connectivity index (χ4v) is 5.77. The van der Waals surface area contributed by atoms with E-state index in [0.29, 0.717) is 37.5 Å². The van der Waals surface area contributed by atoms with Crippen LogP contribution in [0.4, 0.5) is 4.39 Å². The summed E-state index contributed by atoms with van der Waals surface area (Å²) in [5.41, 5.74) is 3.11. The van der Waals surface area contributed by atoms with Gasteiger partial charge in [0.2, 0.25) is 10.0 Å². The summed E-state index contributed by atoms with van der Waals surface area (Å²) in [7, 11) is -2.07. The predicted octanol–water partition coefficient (Wildman–Crippen LogP) is 3.43. The van der Waals surface area contributed by atoms with Crippen LogP contribution in [0, 0.1) is 19.7 Å². The lowest BCUT2D eigenvalue weighted by Crippen LogP contribution is -2.49. The number of ether oxygens (including phenoxy) is 1. The molecule has 1 fully saturated rings. The van der Waals surface area contributed by atoms with Crippen LogP contribution in [0.2, 0.25) is 0 Å². The smallest absolute Gasteiger partial charge is 0.243 e. The Hall–Kier alpha value is -3.01. The van der Waals surface area contributed by atoms with Crippen LogP contribution in [-0.4, -0.2) is 67.8 Å². The zero-order valence-corrected chi connectivity index (χ0v) is 20.3. The van der Waals surface area contributed by atoms with Gasteiger partial charge in [-0.15, -0.1) is 0 Å². The maximum Gasteiger partial charge on any atom is 0.243 e. The second-order valence-corrected chi connectivity index (χ2v) is 10.3. The van der Waals surface area contributed by atoms with Crippen molar-refractivity contribution in [3.05, 3.63) is 77.4 Å². The molecule has 0 N–H and O–H groups in total. The number of aromatic nitrogens is 1. The van der Waals surface area contributed by atoms with Crippen LogP contribution in [-0.2, 0) is 10.0 Å². The van der Waals surface area contributed by atoms with E-state index in [1.54, 1.807) is 36.4 Å². The standard InChI is InChI=1S/C25H28FN3O4S/c1-18-16-24(19(2)29(18)21-6-4-20(26)5-7-21)25(30)17-27-12-14-28(15-13-27)34(31,32)23-10-8-22(33-3)9-11-23/h4-11,16H,12-15,17H2,1-3H3. The van der Waals surface area contributed by atoms with Crippen LogP contribution in [0.15, 0.2) is 59.5 Å². The zero-order valence-electron chi connectivity index (χ0n) is 19.5. The number of rotatable bonds is 7. The first kappa shape index (κ1) is 24.1.